The Morgan fingerprint density at radius 1 is 1.33 bits per heavy atom. The molecule has 0 radical (unpaired) electrons. The van der Waals surface area contributed by atoms with Crippen LogP contribution in [0.1, 0.15) is 38.3 Å². The van der Waals surface area contributed by atoms with E-state index in [1.165, 1.54) is 12.8 Å². The van der Waals surface area contributed by atoms with E-state index in [1.54, 1.807) is 0 Å². The first-order valence-corrected chi connectivity index (χ1v) is 6.97. The number of hydrogen-bond acceptors (Lipinski definition) is 3. The molecule has 2 rings (SSSR count). The lowest BCUT2D eigenvalue weighted by Crippen LogP contribution is -2.34. The van der Waals surface area contributed by atoms with Gasteiger partial charge in [0.05, 0.1) is 6.61 Å². The molecule has 18 heavy (non-hydrogen) atoms. The van der Waals surface area contributed by atoms with Gasteiger partial charge >= 0.3 is 0 Å². The highest BCUT2D eigenvalue weighted by Gasteiger charge is 2.29. The summed E-state index contributed by atoms with van der Waals surface area (Å²) < 4.78 is 5.65. The average molecular weight is 248 g/mol. The average Bonchev–Trinajstić information content (AvgIpc) is 3.21. The molecule has 1 saturated carbocycles. The first kappa shape index (κ1) is 13.4. The van der Waals surface area contributed by atoms with Gasteiger partial charge in [-0.05, 0) is 32.4 Å². The molecule has 0 saturated heterocycles. The molecule has 0 aromatic heterocycles. The Morgan fingerprint density at radius 3 is 2.67 bits per heavy atom. The minimum atomic E-state index is 0.0355. The summed E-state index contributed by atoms with van der Waals surface area (Å²) in [5.41, 5.74) is 7.47. The number of rotatable bonds is 7. The summed E-state index contributed by atoms with van der Waals surface area (Å²) >= 11 is 0. The molecule has 0 aliphatic heterocycles. The maximum atomic E-state index is 6.35. The van der Waals surface area contributed by atoms with Crippen LogP contribution in [0.4, 0.5) is 0 Å². The molecular weight excluding hydrogens is 224 g/mol. The molecular formula is C15H24N2O. The van der Waals surface area contributed by atoms with E-state index in [1.807, 2.05) is 25.1 Å². The van der Waals surface area contributed by atoms with Gasteiger partial charge in [0.2, 0.25) is 0 Å². The van der Waals surface area contributed by atoms with Crippen molar-refractivity contribution in [3.05, 3.63) is 29.8 Å². The van der Waals surface area contributed by atoms with Crippen molar-refractivity contribution in [2.24, 2.45) is 5.73 Å². The monoisotopic (exact) mass is 248 g/mol. The molecule has 1 aliphatic rings. The molecule has 1 fully saturated rings. The van der Waals surface area contributed by atoms with Gasteiger partial charge in [0.25, 0.3) is 0 Å². The van der Waals surface area contributed by atoms with Crippen molar-refractivity contribution in [1.29, 1.82) is 0 Å². The minimum Gasteiger partial charge on any atom is -0.494 e. The van der Waals surface area contributed by atoms with Crippen LogP contribution in [0.25, 0.3) is 0 Å². The largest absolute Gasteiger partial charge is 0.494 e. The van der Waals surface area contributed by atoms with E-state index in [4.69, 9.17) is 10.5 Å². The molecule has 3 heteroatoms. The summed E-state index contributed by atoms with van der Waals surface area (Å²) in [7, 11) is 0. The SMILES string of the molecule is CCOc1ccccc1C(N)CN(CC)C1CC1. The summed E-state index contributed by atoms with van der Waals surface area (Å²) in [4.78, 5) is 2.48. The van der Waals surface area contributed by atoms with Gasteiger partial charge in [0.1, 0.15) is 5.75 Å². The van der Waals surface area contributed by atoms with Gasteiger partial charge < -0.3 is 10.5 Å². The van der Waals surface area contributed by atoms with Gasteiger partial charge in [-0.15, -0.1) is 0 Å². The summed E-state index contributed by atoms with van der Waals surface area (Å²) in [6.45, 7) is 6.90. The molecule has 0 bridgehead atoms. The first-order valence-electron chi connectivity index (χ1n) is 6.97. The molecule has 1 aromatic carbocycles. The van der Waals surface area contributed by atoms with Crippen LogP contribution < -0.4 is 10.5 Å². The van der Waals surface area contributed by atoms with Crippen LogP contribution in [0, 0.1) is 0 Å². The van der Waals surface area contributed by atoms with Crippen molar-refractivity contribution in [1.82, 2.24) is 4.90 Å². The first-order chi connectivity index (χ1) is 8.76. The van der Waals surface area contributed by atoms with Gasteiger partial charge in [0, 0.05) is 24.2 Å². The van der Waals surface area contributed by atoms with E-state index in [2.05, 4.69) is 17.9 Å². The van der Waals surface area contributed by atoms with E-state index < -0.39 is 0 Å². The van der Waals surface area contributed by atoms with Crippen molar-refractivity contribution < 1.29 is 4.74 Å². The Balaban J connectivity index is 2.04. The smallest absolute Gasteiger partial charge is 0.124 e. The number of nitrogens with zero attached hydrogens (tertiary/aromatic N) is 1. The lowest BCUT2D eigenvalue weighted by atomic mass is 10.1. The number of hydrogen-bond donors (Lipinski definition) is 1. The molecule has 3 nitrogen and oxygen atoms in total. The topological polar surface area (TPSA) is 38.5 Å². The van der Waals surface area contributed by atoms with E-state index >= 15 is 0 Å². The highest BCUT2D eigenvalue weighted by Crippen LogP contribution is 2.30. The minimum absolute atomic E-state index is 0.0355. The van der Waals surface area contributed by atoms with Gasteiger partial charge in [0.15, 0.2) is 0 Å². The molecule has 0 heterocycles. The lowest BCUT2D eigenvalue weighted by molar-refractivity contribution is 0.256. The molecule has 1 aromatic rings. The van der Waals surface area contributed by atoms with E-state index in [9.17, 15) is 0 Å². The predicted molar refractivity (Wildman–Crippen MR) is 74.8 cm³/mol. The predicted octanol–water partition coefficient (Wildman–Crippen LogP) is 2.57. The number of benzene rings is 1. The summed E-state index contributed by atoms with van der Waals surface area (Å²) in [6, 6.07) is 8.92. The van der Waals surface area contributed by atoms with Crippen molar-refractivity contribution in [3.8, 4) is 5.75 Å². The van der Waals surface area contributed by atoms with E-state index in [-0.39, 0.29) is 6.04 Å². The third kappa shape index (κ3) is 3.24. The van der Waals surface area contributed by atoms with Crippen LogP contribution in [0.15, 0.2) is 24.3 Å². The maximum Gasteiger partial charge on any atom is 0.124 e. The summed E-state index contributed by atoms with van der Waals surface area (Å²) in [6.07, 6.45) is 2.65. The standard InChI is InChI=1S/C15H24N2O/c1-3-17(12-9-10-12)11-14(16)13-7-5-6-8-15(13)18-4-2/h5-8,12,14H,3-4,9-11,16H2,1-2H3. The van der Waals surface area contributed by atoms with Gasteiger partial charge in [-0.1, -0.05) is 25.1 Å². The second-order valence-electron chi connectivity index (χ2n) is 4.90. The second-order valence-corrected chi connectivity index (χ2v) is 4.90. The van der Waals surface area contributed by atoms with Crippen molar-refractivity contribution in [3.63, 3.8) is 0 Å². The summed E-state index contributed by atoms with van der Waals surface area (Å²) in [5, 5.41) is 0. The van der Waals surface area contributed by atoms with Crippen molar-refractivity contribution in [2.75, 3.05) is 19.7 Å². The fourth-order valence-corrected chi connectivity index (χ4v) is 2.40. The Labute approximate surface area is 110 Å². The van der Waals surface area contributed by atoms with E-state index in [0.29, 0.717) is 6.61 Å². The number of likely N-dealkylation sites (N-methyl/N-ethyl adjacent to an activating group) is 1. The second kappa shape index (κ2) is 6.21. The molecule has 100 valence electrons. The zero-order valence-corrected chi connectivity index (χ0v) is 11.4. The fraction of sp³-hybridized carbons (Fsp3) is 0.600. The van der Waals surface area contributed by atoms with Crippen LogP contribution in [0.5, 0.6) is 5.75 Å². The molecule has 1 aliphatic carbocycles. The van der Waals surface area contributed by atoms with Crippen LogP contribution in [-0.2, 0) is 0 Å². The van der Waals surface area contributed by atoms with Crippen LogP contribution in [0.3, 0.4) is 0 Å². The van der Waals surface area contributed by atoms with Crippen LogP contribution in [-0.4, -0.2) is 30.6 Å². The third-order valence-electron chi connectivity index (χ3n) is 3.52. The number of nitrogens with two attached hydrogens (primary N) is 1. The zero-order chi connectivity index (χ0) is 13.0. The fourth-order valence-electron chi connectivity index (χ4n) is 2.40. The highest BCUT2D eigenvalue weighted by atomic mass is 16.5. The highest BCUT2D eigenvalue weighted by molar-refractivity contribution is 5.36. The summed E-state index contributed by atoms with van der Waals surface area (Å²) in [5.74, 6) is 0.930. The van der Waals surface area contributed by atoms with Crippen LogP contribution in [0.2, 0.25) is 0 Å². The van der Waals surface area contributed by atoms with Crippen molar-refractivity contribution >= 4 is 0 Å². The van der Waals surface area contributed by atoms with Gasteiger partial charge in [-0.3, -0.25) is 4.90 Å². The molecule has 0 amide bonds. The number of para-hydroxylation sites is 1. The number of ether oxygens (including phenoxy) is 1. The van der Waals surface area contributed by atoms with Crippen molar-refractivity contribution in [2.45, 2.75) is 38.8 Å². The normalized spacial score (nSPS) is 16.9. The van der Waals surface area contributed by atoms with E-state index in [0.717, 1.165) is 30.4 Å². The molecule has 1 atom stereocenters. The van der Waals surface area contributed by atoms with Gasteiger partial charge in [-0.2, -0.15) is 0 Å². The Morgan fingerprint density at radius 2 is 2.06 bits per heavy atom. The van der Waals surface area contributed by atoms with Crippen LogP contribution >= 0.6 is 0 Å². The Kier molecular flexibility index (Phi) is 4.61. The zero-order valence-electron chi connectivity index (χ0n) is 11.4. The van der Waals surface area contributed by atoms with Gasteiger partial charge in [-0.25, -0.2) is 0 Å². The maximum absolute atomic E-state index is 6.35. The Bertz CT molecular complexity index is 377. The molecule has 0 spiro atoms. The quantitative estimate of drug-likeness (QED) is 0.806. The molecule has 1 unspecified atom stereocenters. The lowest BCUT2D eigenvalue weighted by Gasteiger charge is -2.25. The third-order valence-corrected chi connectivity index (χ3v) is 3.52. The molecule has 2 N–H and O–H groups in total. The Hall–Kier alpha value is -1.06.